The SMILES string of the molecule is CN=C(NCC(C)(C)NS(C)(=O)=O)N(C)Cc1ccsc1. The Morgan fingerprint density at radius 2 is 2.14 bits per heavy atom. The lowest BCUT2D eigenvalue weighted by atomic mass is 10.1. The molecule has 1 rings (SSSR count). The summed E-state index contributed by atoms with van der Waals surface area (Å²) >= 11 is 1.66. The molecule has 0 aromatic carbocycles. The van der Waals surface area contributed by atoms with Gasteiger partial charge in [0.2, 0.25) is 10.0 Å². The molecule has 0 bridgehead atoms. The Bertz CT molecular complexity index is 565. The van der Waals surface area contributed by atoms with Gasteiger partial charge in [-0.1, -0.05) is 0 Å². The van der Waals surface area contributed by atoms with E-state index >= 15 is 0 Å². The van der Waals surface area contributed by atoms with Crippen LogP contribution in [0, 0.1) is 0 Å². The molecule has 0 fully saturated rings. The van der Waals surface area contributed by atoms with Crippen molar-refractivity contribution < 1.29 is 8.42 Å². The van der Waals surface area contributed by atoms with Gasteiger partial charge in [0.05, 0.1) is 6.26 Å². The van der Waals surface area contributed by atoms with Crippen LogP contribution in [0.5, 0.6) is 0 Å². The third-order valence-electron chi connectivity index (χ3n) is 2.72. The zero-order valence-electron chi connectivity index (χ0n) is 13.2. The molecule has 0 spiro atoms. The van der Waals surface area contributed by atoms with Crippen molar-refractivity contribution in [2.75, 3.05) is 26.9 Å². The van der Waals surface area contributed by atoms with Crippen molar-refractivity contribution in [2.24, 2.45) is 4.99 Å². The van der Waals surface area contributed by atoms with Crippen molar-refractivity contribution >= 4 is 27.3 Å². The predicted molar refractivity (Wildman–Crippen MR) is 89.2 cm³/mol. The van der Waals surface area contributed by atoms with Crippen molar-refractivity contribution in [3.8, 4) is 0 Å². The normalized spacial score (nSPS) is 13.3. The fourth-order valence-corrected chi connectivity index (χ4v) is 3.69. The van der Waals surface area contributed by atoms with E-state index in [2.05, 4.69) is 26.5 Å². The first kappa shape index (κ1) is 17.9. The van der Waals surface area contributed by atoms with Crippen LogP contribution in [0.15, 0.2) is 21.8 Å². The molecule has 0 atom stereocenters. The number of sulfonamides is 1. The van der Waals surface area contributed by atoms with E-state index in [1.807, 2.05) is 31.2 Å². The highest BCUT2D eigenvalue weighted by molar-refractivity contribution is 7.88. The molecule has 0 aliphatic heterocycles. The van der Waals surface area contributed by atoms with Crippen LogP contribution in [0.25, 0.3) is 0 Å². The third kappa shape index (κ3) is 6.92. The second kappa shape index (κ2) is 7.24. The molecule has 2 N–H and O–H groups in total. The number of nitrogens with zero attached hydrogens (tertiary/aromatic N) is 2. The number of guanidine groups is 1. The second-order valence-corrected chi connectivity index (χ2v) is 8.18. The first-order valence-corrected chi connectivity index (χ1v) is 9.38. The van der Waals surface area contributed by atoms with Crippen molar-refractivity contribution in [1.82, 2.24) is 14.9 Å². The van der Waals surface area contributed by atoms with E-state index in [1.54, 1.807) is 18.4 Å². The molecule has 0 aliphatic rings. The van der Waals surface area contributed by atoms with Crippen LogP contribution in [-0.2, 0) is 16.6 Å². The molecule has 1 aromatic heterocycles. The molecule has 120 valence electrons. The van der Waals surface area contributed by atoms with Gasteiger partial charge < -0.3 is 10.2 Å². The topological polar surface area (TPSA) is 73.8 Å². The molecule has 0 unspecified atom stereocenters. The monoisotopic (exact) mass is 332 g/mol. The number of hydrogen-bond acceptors (Lipinski definition) is 4. The molecular formula is C13H24N4O2S2. The third-order valence-corrected chi connectivity index (χ3v) is 4.38. The molecule has 0 saturated heterocycles. The number of thiophene rings is 1. The highest BCUT2D eigenvalue weighted by atomic mass is 32.2. The van der Waals surface area contributed by atoms with Crippen LogP contribution in [-0.4, -0.2) is 51.7 Å². The van der Waals surface area contributed by atoms with E-state index in [4.69, 9.17) is 0 Å². The summed E-state index contributed by atoms with van der Waals surface area (Å²) in [5.74, 6) is 0.726. The van der Waals surface area contributed by atoms with Gasteiger partial charge in [-0.15, -0.1) is 0 Å². The molecular weight excluding hydrogens is 308 g/mol. The van der Waals surface area contributed by atoms with E-state index in [-0.39, 0.29) is 0 Å². The van der Waals surface area contributed by atoms with Crippen LogP contribution in [0.4, 0.5) is 0 Å². The van der Waals surface area contributed by atoms with Crippen molar-refractivity contribution in [2.45, 2.75) is 25.9 Å². The van der Waals surface area contributed by atoms with Gasteiger partial charge in [0.15, 0.2) is 5.96 Å². The summed E-state index contributed by atoms with van der Waals surface area (Å²) in [6, 6.07) is 2.07. The van der Waals surface area contributed by atoms with E-state index in [0.717, 1.165) is 18.8 Å². The Balaban J connectivity index is 2.58. The number of nitrogens with one attached hydrogen (secondary N) is 2. The van der Waals surface area contributed by atoms with Gasteiger partial charge in [0.1, 0.15) is 0 Å². The minimum absolute atomic E-state index is 0.445. The quantitative estimate of drug-likeness (QED) is 0.604. The minimum atomic E-state index is -3.24. The number of hydrogen-bond donors (Lipinski definition) is 2. The Kier molecular flexibility index (Phi) is 6.18. The fraction of sp³-hybridized carbons (Fsp3) is 0.615. The van der Waals surface area contributed by atoms with Crippen molar-refractivity contribution in [3.05, 3.63) is 22.4 Å². The number of rotatable bonds is 6. The lowest BCUT2D eigenvalue weighted by Gasteiger charge is -2.29. The fourth-order valence-electron chi connectivity index (χ4n) is 1.95. The van der Waals surface area contributed by atoms with Gasteiger partial charge >= 0.3 is 0 Å². The Hall–Kier alpha value is -1.12. The average molecular weight is 332 g/mol. The van der Waals surface area contributed by atoms with Crippen LogP contribution < -0.4 is 10.0 Å². The summed E-state index contributed by atoms with van der Waals surface area (Å²) in [5, 5.41) is 7.33. The van der Waals surface area contributed by atoms with Crippen LogP contribution in [0.3, 0.4) is 0 Å². The maximum absolute atomic E-state index is 11.3. The molecule has 1 aromatic rings. The zero-order valence-corrected chi connectivity index (χ0v) is 14.8. The molecule has 0 radical (unpaired) electrons. The summed E-state index contributed by atoms with van der Waals surface area (Å²) in [4.78, 5) is 6.22. The summed E-state index contributed by atoms with van der Waals surface area (Å²) in [7, 11) is 0.420. The van der Waals surface area contributed by atoms with E-state index < -0.39 is 15.6 Å². The molecule has 0 amide bonds. The Morgan fingerprint density at radius 3 is 2.62 bits per heavy atom. The number of aliphatic imine (C=N–C) groups is 1. The van der Waals surface area contributed by atoms with Gasteiger partial charge in [-0.25, -0.2) is 13.1 Å². The van der Waals surface area contributed by atoms with Gasteiger partial charge in [0, 0.05) is 32.7 Å². The average Bonchev–Trinajstić information content (AvgIpc) is 2.79. The maximum atomic E-state index is 11.3. The molecule has 0 saturated carbocycles. The molecule has 21 heavy (non-hydrogen) atoms. The largest absolute Gasteiger partial charge is 0.354 e. The molecule has 8 heteroatoms. The predicted octanol–water partition coefficient (Wildman–Crippen LogP) is 1.08. The molecule has 6 nitrogen and oxygen atoms in total. The van der Waals surface area contributed by atoms with E-state index in [1.165, 1.54) is 5.56 Å². The first-order valence-electron chi connectivity index (χ1n) is 6.55. The summed E-state index contributed by atoms with van der Waals surface area (Å²) < 4.78 is 25.3. The van der Waals surface area contributed by atoms with Crippen molar-refractivity contribution in [3.63, 3.8) is 0 Å². The van der Waals surface area contributed by atoms with Gasteiger partial charge in [-0.3, -0.25) is 4.99 Å². The minimum Gasteiger partial charge on any atom is -0.354 e. The first-order chi connectivity index (χ1) is 9.63. The van der Waals surface area contributed by atoms with E-state index in [0.29, 0.717) is 6.54 Å². The Labute approximate surface area is 131 Å². The van der Waals surface area contributed by atoms with E-state index in [9.17, 15) is 8.42 Å². The molecule has 1 heterocycles. The highest BCUT2D eigenvalue weighted by Gasteiger charge is 2.22. The van der Waals surface area contributed by atoms with Gasteiger partial charge in [0.25, 0.3) is 0 Å². The van der Waals surface area contributed by atoms with Crippen LogP contribution >= 0.6 is 11.3 Å². The van der Waals surface area contributed by atoms with Gasteiger partial charge in [-0.2, -0.15) is 11.3 Å². The molecule has 0 aliphatic carbocycles. The lowest BCUT2D eigenvalue weighted by molar-refractivity contribution is 0.423. The van der Waals surface area contributed by atoms with Crippen molar-refractivity contribution in [1.29, 1.82) is 0 Å². The maximum Gasteiger partial charge on any atom is 0.209 e. The van der Waals surface area contributed by atoms with Gasteiger partial charge in [-0.05, 0) is 36.2 Å². The van der Waals surface area contributed by atoms with Crippen LogP contribution in [0.1, 0.15) is 19.4 Å². The smallest absolute Gasteiger partial charge is 0.209 e. The highest BCUT2D eigenvalue weighted by Crippen LogP contribution is 2.09. The zero-order chi connectivity index (χ0) is 16.1. The standard InChI is InChI=1S/C13H24N4O2S2/c1-13(2,16-21(5,18)19)10-15-12(14-3)17(4)8-11-6-7-20-9-11/h6-7,9,16H,8,10H2,1-5H3,(H,14,15). The summed E-state index contributed by atoms with van der Waals surface area (Å²) in [5.41, 5.74) is 0.631. The van der Waals surface area contributed by atoms with Crippen LogP contribution in [0.2, 0.25) is 0 Å². The summed E-state index contributed by atoms with van der Waals surface area (Å²) in [6.45, 7) is 4.85. The summed E-state index contributed by atoms with van der Waals surface area (Å²) in [6.07, 6.45) is 1.16. The second-order valence-electron chi connectivity index (χ2n) is 5.65. The Morgan fingerprint density at radius 1 is 1.48 bits per heavy atom. The lowest BCUT2D eigenvalue weighted by Crippen LogP contribution is -2.53.